The molecule has 2 heterocycles. The van der Waals surface area contributed by atoms with E-state index in [4.69, 9.17) is 5.73 Å². The number of aliphatic hydroxyl groups is 1. The molecule has 4 rings (SSSR count). The molecule has 0 spiro atoms. The number of carbonyl (C=O) groups excluding carboxylic acids is 1. The van der Waals surface area contributed by atoms with Crippen molar-refractivity contribution >= 4 is 22.6 Å². The van der Waals surface area contributed by atoms with Crippen molar-refractivity contribution in [3.63, 3.8) is 0 Å². The number of hydrogen-bond donors (Lipinski definition) is 2. The highest BCUT2D eigenvalue weighted by atomic mass is 16.3. The maximum Gasteiger partial charge on any atom is 0.250 e. The minimum absolute atomic E-state index is 0.224. The van der Waals surface area contributed by atoms with Crippen molar-refractivity contribution in [2.45, 2.75) is 39.0 Å². The molecule has 1 fully saturated rings. The molecule has 1 saturated carbocycles. The fraction of sp³-hybridized carbons (Fsp3) is 0.368. The predicted molar refractivity (Wildman–Crippen MR) is 93.6 cm³/mol. The summed E-state index contributed by atoms with van der Waals surface area (Å²) < 4.78 is 1.93. The fourth-order valence-electron chi connectivity index (χ4n) is 3.62. The summed E-state index contributed by atoms with van der Waals surface area (Å²) in [4.78, 5) is 16.6. The molecule has 0 aromatic carbocycles. The van der Waals surface area contributed by atoms with Crippen molar-refractivity contribution in [1.29, 1.82) is 0 Å². The number of aliphatic hydroxyl groups excluding tert-OH is 1. The van der Waals surface area contributed by atoms with Crippen molar-refractivity contribution in [3.05, 3.63) is 47.0 Å². The first-order chi connectivity index (χ1) is 11.5. The smallest absolute Gasteiger partial charge is 0.250 e. The van der Waals surface area contributed by atoms with Gasteiger partial charge in [0, 0.05) is 35.0 Å². The molecule has 1 atom stereocenters. The first-order valence-electron chi connectivity index (χ1n) is 8.38. The van der Waals surface area contributed by atoms with Crippen LogP contribution in [0.3, 0.4) is 0 Å². The van der Waals surface area contributed by atoms with Gasteiger partial charge in [-0.2, -0.15) is 0 Å². The van der Waals surface area contributed by atoms with Gasteiger partial charge >= 0.3 is 0 Å². The number of hydrogen-bond acceptors (Lipinski definition) is 3. The average molecular weight is 323 g/mol. The molecular weight excluding hydrogens is 302 g/mol. The zero-order chi connectivity index (χ0) is 17.0. The minimum Gasteiger partial charge on any atom is -0.508 e. The summed E-state index contributed by atoms with van der Waals surface area (Å²) in [5, 5.41) is 10.9. The summed E-state index contributed by atoms with van der Waals surface area (Å²) in [7, 11) is 0. The van der Waals surface area contributed by atoms with Crippen LogP contribution in [0.4, 0.5) is 0 Å². The molecule has 2 aliphatic carbocycles. The van der Waals surface area contributed by atoms with Crippen LogP contribution in [-0.2, 0) is 0 Å². The van der Waals surface area contributed by atoms with Crippen molar-refractivity contribution < 1.29 is 9.90 Å². The highest BCUT2D eigenvalue weighted by molar-refractivity contribution is 6.06. The lowest BCUT2D eigenvalue weighted by atomic mass is 9.93. The lowest BCUT2D eigenvalue weighted by Gasteiger charge is -2.23. The van der Waals surface area contributed by atoms with E-state index in [1.165, 1.54) is 18.4 Å². The molecule has 2 aliphatic rings. The summed E-state index contributed by atoms with van der Waals surface area (Å²) in [6.45, 7) is 4.00. The standard InChI is InChI=1S/C19H21N3O2/c1-10-3-6-16(23)11(2)17(10)22-9-15(18(20)24)14-7-13(12-4-5-12)8-21-19(14)22/h6-10,12,23H,3-5H2,1-2H3,(H2,20,24)/t10-/m1/s1. The minimum atomic E-state index is -0.449. The van der Waals surface area contributed by atoms with Gasteiger partial charge in [0.1, 0.15) is 11.4 Å². The van der Waals surface area contributed by atoms with Gasteiger partial charge in [0.05, 0.1) is 5.56 Å². The number of nitrogens with two attached hydrogens (primary N) is 1. The zero-order valence-corrected chi connectivity index (χ0v) is 13.9. The number of allylic oxidation sites excluding steroid dienone is 3. The van der Waals surface area contributed by atoms with Gasteiger partial charge in [-0.25, -0.2) is 4.98 Å². The van der Waals surface area contributed by atoms with Gasteiger partial charge in [0.15, 0.2) is 0 Å². The number of pyridine rings is 1. The van der Waals surface area contributed by atoms with Crippen molar-refractivity contribution in [2.75, 3.05) is 0 Å². The quantitative estimate of drug-likeness (QED) is 0.903. The van der Waals surface area contributed by atoms with Crippen LogP contribution in [0.25, 0.3) is 16.7 Å². The topological polar surface area (TPSA) is 81.1 Å². The second kappa shape index (κ2) is 5.23. The summed E-state index contributed by atoms with van der Waals surface area (Å²) >= 11 is 0. The fourth-order valence-corrected chi connectivity index (χ4v) is 3.62. The van der Waals surface area contributed by atoms with Crippen LogP contribution in [0, 0.1) is 5.92 Å². The molecule has 1 amide bonds. The van der Waals surface area contributed by atoms with Gasteiger partial charge in [-0.15, -0.1) is 0 Å². The average Bonchev–Trinajstić information content (AvgIpc) is 3.33. The molecule has 0 radical (unpaired) electrons. The Balaban J connectivity index is 1.97. The van der Waals surface area contributed by atoms with E-state index in [0.29, 0.717) is 17.2 Å². The van der Waals surface area contributed by atoms with Crippen molar-refractivity contribution in [2.24, 2.45) is 11.7 Å². The molecule has 2 aromatic heterocycles. The van der Waals surface area contributed by atoms with Crippen LogP contribution >= 0.6 is 0 Å². The van der Waals surface area contributed by atoms with Crippen LogP contribution in [-0.4, -0.2) is 20.6 Å². The molecule has 0 unspecified atom stereocenters. The Morgan fingerprint density at radius 1 is 1.42 bits per heavy atom. The Bertz CT molecular complexity index is 916. The third kappa shape index (κ3) is 2.23. The van der Waals surface area contributed by atoms with Crippen LogP contribution < -0.4 is 5.73 Å². The van der Waals surface area contributed by atoms with Gasteiger partial charge in [-0.1, -0.05) is 6.92 Å². The van der Waals surface area contributed by atoms with E-state index in [2.05, 4.69) is 18.0 Å². The van der Waals surface area contributed by atoms with Gasteiger partial charge in [-0.05, 0) is 49.8 Å². The molecule has 2 aromatic rings. The Morgan fingerprint density at radius 3 is 2.83 bits per heavy atom. The van der Waals surface area contributed by atoms with Crippen LogP contribution in [0.2, 0.25) is 0 Å². The second-order valence-corrected chi connectivity index (χ2v) is 6.93. The van der Waals surface area contributed by atoms with E-state index in [9.17, 15) is 9.90 Å². The van der Waals surface area contributed by atoms with E-state index < -0.39 is 5.91 Å². The van der Waals surface area contributed by atoms with Crippen LogP contribution in [0.15, 0.2) is 35.9 Å². The maximum atomic E-state index is 11.9. The lowest BCUT2D eigenvalue weighted by Crippen LogP contribution is -2.13. The molecule has 0 saturated heterocycles. The van der Waals surface area contributed by atoms with Gasteiger partial charge in [0.2, 0.25) is 0 Å². The molecule has 0 aliphatic heterocycles. The second-order valence-electron chi connectivity index (χ2n) is 6.93. The number of nitrogens with zero attached hydrogens (tertiary/aromatic N) is 2. The predicted octanol–water partition coefficient (Wildman–Crippen LogP) is 3.73. The summed E-state index contributed by atoms with van der Waals surface area (Å²) in [6.07, 6.45) is 8.62. The third-order valence-electron chi connectivity index (χ3n) is 5.14. The molecular formula is C19H21N3O2. The van der Waals surface area contributed by atoms with Gasteiger partial charge in [-0.3, -0.25) is 4.79 Å². The Hall–Kier alpha value is -2.56. The summed E-state index contributed by atoms with van der Waals surface area (Å²) in [5.74, 6) is 0.629. The largest absolute Gasteiger partial charge is 0.508 e. The van der Waals surface area contributed by atoms with E-state index in [1.807, 2.05) is 23.8 Å². The van der Waals surface area contributed by atoms with Gasteiger partial charge in [0.25, 0.3) is 5.91 Å². The monoisotopic (exact) mass is 323 g/mol. The highest BCUT2D eigenvalue weighted by Crippen LogP contribution is 2.41. The first kappa shape index (κ1) is 15.0. The van der Waals surface area contributed by atoms with Gasteiger partial charge < -0.3 is 15.4 Å². The van der Waals surface area contributed by atoms with Crippen molar-refractivity contribution in [3.8, 4) is 0 Å². The highest BCUT2D eigenvalue weighted by Gasteiger charge is 2.27. The Labute approximate surface area is 140 Å². The number of aromatic nitrogens is 2. The number of primary amides is 1. The van der Waals surface area contributed by atoms with Crippen molar-refractivity contribution in [1.82, 2.24) is 9.55 Å². The number of fused-ring (bicyclic) bond motifs is 1. The lowest BCUT2D eigenvalue weighted by molar-refractivity contribution is 0.100. The maximum absolute atomic E-state index is 11.9. The summed E-state index contributed by atoms with van der Waals surface area (Å²) in [6, 6.07) is 2.05. The number of rotatable bonds is 3. The molecule has 5 nitrogen and oxygen atoms in total. The van der Waals surface area contributed by atoms with E-state index >= 15 is 0 Å². The molecule has 124 valence electrons. The zero-order valence-electron chi connectivity index (χ0n) is 13.9. The van der Waals surface area contributed by atoms with Crippen LogP contribution in [0.1, 0.15) is 54.9 Å². The molecule has 3 N–H and O–H groups in total. The normalized spacial score (nSPS) is 21.2. The summed E-state index contributed by atoms with van der Waals surface area (Å²) in [5.41, 5.74) is 9.78. The van der Waals surface area contributed by atoms with E-state index in [0.717, 1.165) is 28.7 Å². The molecule has 5 heteroatoms. The van der Waals surface area contributed by atoms with E-state index in [-0.39, 0.29) is 5.92 Å². The van der Waals surface area contributed by atoms with Crippen LogP contribution in [0.5, 0.6) is 0 Å². The molecule has 0 bridgehead atoms. The number of amides is 1. The first-order valence-corrected chi connectivity index (χ1v) is 8.38. The number of carbonyl (C=O) groups is 1. The Morgan fingerprint density at radius 2 is 2.17 bits per heavy atom. The third-order valence-corrected chi connectivity index (χ3v) is 5.14. The SMILES string of the molecule is CC1=C(n2cc(C(N)=O)c3cc(C4CC4)cnc32)[C@H](C)CC=C1O. The molecule has 24 heavy (non-hydrogen) atoms. The van der Waals surface area contributed by atoms with E-state index in [1.54, 1.807) is 6.20 Å². The Kier molecular flexibility index (Phi) is 3.27.